The number of anilines is 2. The zero-order chi connectivity index (χ0) is 29.9. The van der Waals surface area contributed by atoms with Gasteiger partial charge in [0.15, 0.2) is 5.82 Å². The number of ether oxygens (including phenoxy) is 1. The van der Waals surface area contributed by atoms with E-state index in [-0.39, 0.29) is 46.8 Å². The molecule has 0 bridgehead atoms. The number of halogens is 5. The number of aromatic nitrogens is 2. The van der Waals surface area contributed by atoms with E-state index in [1.807, 2.05) is 0 Å². The number of para-hydroxylation sites is 1. The van der Waals surface area contributed by atoms with Crippen LogP contribution in [0.15, 0.2) is 60.7 Å². The third-order valence-electron chi connectivity index (χ3n) is 5.95. The van der Waals surface area contributed by atoms with Gasteiger partial charge in [-0.05, 0) is 48.0 Å². The summed E-state index contributed by atoms with van der Waals surface area (Å²) in [6.45, 7) is 5.62. The van der Waals surface area contributed by atoms with Gasteiger partial charge < -0.3 is 20.7 Å². The summed E-state index contributed by atoms with van der Waals surface area (Å²) in [7, 11) is 1.62. The smallest absolute Gasteiger partial charge is 0.405 e. The van der Waals surface area contributed by atoms with E-state index in [0.717, 1.165) is 0 Å². The number of hydrogen-bond donors (Lipinski definition) is 3. The molecule has 42 heavy (non-hydrogen) atoms. The van der Waals surface area contributed by atoms with E-state index in [4.69, 9.17) is 11.6 Å². The minimum absolute atomic E-state index is 0. The van der Waals surface area contributed by atoms with E-state index in [9.17, 15) is 22.8 Å². The first kappa shape index (κ1) is 32.4. The first-order valence-corrected chi connectivity index (χ1v) is 12.9. The van der Waals surface area contributed by atoms with Crippen LogP contribution in [0.25, 0.3) is 22.3 Å². The quantitative estimate of drug-likeness (QED) is 0.201. The lowest BCUT2D eigenvalue weighted by Gasteiger charge is -2.18. The van der Waals surface area contributed by atoms with Gasteiger partial charge >= 0.3 is 6.36 Å². The molecule has 8 nitrogen and oxygen atoms in total. The van der Waals surface area contributed by atoms with Gasteiger partial charge in [0.05, 0.1) is 21.7 Å². The molecule has 1 heterocycles. The van der Waals surface area contributed by atoms with Crippen LogP contribution in [0.2, 0.25) is 5.02 Å². The van der Waals surface area contributed by atoms with E-state index in [2.05, 4.69) is 30.7 Å². The average molecular weight is 622 g/mol. The van der Waals surface area contributed by atoms with Crippen LogP contribution in [0.3, 0.4) is 0 Å². The fraction of sp³-hybridized carbons (Fsp3) is 0.241. The van der Waals surface area contributed by atoms with Crippen molar-refractivity contribution in [2.45, 2.75) is 33.7 Å². The van der Waals surface area contributed by atoms with Crippen LogP contribution in [-0.4, -0.2) is 35.2 Å². The third kappa shape index (κ3) is 7.80. The van der Waals surface area contributed by atoms with Crippen LogP contribution in [0, 0.1) is 5.41 Å². The minimum atomic E-state index is -4.90. The van der Waals surface area contributed by atoms with Crippen molar-refractivity contribution in [3.05, 3.63) is 76.8 Å². The molecule has 0 atom stereocenters. The van der Waals surface area contributed by atoms with Gasteiger partial charge in [-0.1, -0.05) is 50.6 Å². The molecule has 0 aliphatic carbocycles. The summed E-state index contributed by atoms with van der Waals surface area (Å²) in [5, 5.41) is 9.35. The van der Waals surface area contributed by atoms with Gasteiger partial charge in [-0.3, -0.25) is 9.59 Å². The fourth-order valence-electron chi connectivity index (χ4n) is 3.89. The van der Waals surface area contributed by atoms with Gasteiger partial charge in [-0.2, -0.15) is 0 Å². The molecule has 0 aliphatic rings. The van der Waals surface area contributed by atoms with Crippen LogP contribution in [0.1, 0.15) is 36.7 Å². The lowest BCUT2D eigenvalue weighted by Crippen LogP contribution is -2.34. The van der Waals surface area contributed by atoms with Crippen LogP contribution < -0.4 is 20.7 Å². The number of rotatable bonds is 7. The second-order valence-electron chi connectivity index (χ2n) is 10.1. The maximum atomic E-state index is 13.2. The second kappa shape index (κ2) is 12.8. The first-order chi connectivity index (χ1) is 19.2. The Labute approximate surface area is 251 Å². The molecule has 0 saturated heterocycles. The number of nitrogens with zero attached hydrogens (tertiary/aromatic N) is 2. The van der Waals surface area contributed by atoms with Crippen molar-refractivity contribution in [2.24, 2.45) is 5.41 Å². The Kier molecular flexibility index (Phi) is 9.90. The summed E-state index contributed by atoms with van der Waals surface area (Å²) in [5.74, 6) is -0.704. The molecule has 3 N–H and O–H groups in total. The topological polar surface area (TPSA) is 105 Å². The van der Waals surface area contributed by atoms with Crippen molar-refractivity contribution in [2.75, 3.05) is 17.7 Å². The second-order valence-corrected chi connectivity index (χ2v) is 10.5. The molecule has 222 valence electrons. The molecule has 0 radical (unpaired) electrons. The Morgan fingerprint density at radius 2 is 1.69 bits per heavy atom. The molecule has 4 aromatic rings. The summed E-state index contributed by atoms with van der Waals surface area (Å²) in [4.78, 5) is 34.2. The standard InChI is InChI=1S/C29H27ClF3N5O3.ClH/c1-28(2,3)27(40)35-15-16-9-12-21(30)20(13-16)26(39)36-17-10-11-18-22(14-17)37-25(38-24(18)34-4)19-7-5-6-8-23(19)41-29(31,32)33;/h5-14H,15H2,1-4H3,(H,35,40)(H,36,39)(H,34,37,38);1H. The predicted molar refractivity (Wildman–Crippen MR) is 159 cm³/mol. The molecular formula is C29H28Cl2F3N5O3. The fourth-order valence-corrected chi connectivity index (χ4v) is 4.09. The average Bonchev–Trinajstić information content (AvgIpc) is 2.90. The van der Waals surface area contributed by atoms with Gasteiger partial charge in [-0.25, -0.2) is 9.97 Å². The van der Waals surface area contributed by atoms with Crippen molar-refractivity contribution >= 4 is 58.2 Å². The summed E-state index contributed by atoms with van der Waals surface area (Å²) < 4.78 is 43.1. The molecule has 3 aromatic carbocycles. The molecule has 4 rings (SSSR count). The molecule has 0 saturated carbocycles. The van der Waals surface area contributed by atoms with Crippen LogP contribution in [0.4, 0.5) is 24.7 Å². The Morgan fingerprint density at radius 3 is 2.36 bits per heavy atom. The van der Waals surface area contributed by atoms with E-state index >= 15 is 0 Å². The summed E-state index contributed by atoms with van der Waals surface area (Å²) >= 11 is 6.31. The lowest BCUT2D eigenvalue weighted by atomic mass is 9.95. The number of alkyl halides is 3. The maximum Gasteiger partial charge on any atom is 0.573 e. The highest BCUT2D eigenvalue weighted by Gasteiger charge is 2.32. The molecule has 2 amide bonds. The van der Waals surface area contributed by atoms with Crippen LogP contribution in [-0.2, 0) is 11.3 Å². The number of nitrogens with one attached hydrogen (secondary N) is 3. The Bertz CT molecular complexity index is 1620. The molecule has 0 spiro atoms. The number of benzene rings is 3. The number of fused-ring (bicyclic) bond motifs is 1. The number of carbonyl (C=O) groups excluding carboxylic acids is 2. The van der Waals surface area contributed by atoms with Gasteiger partial charge in [-0.15, -0.1) is 25.6 Å². The van der Waals surface area contributed by atoms with Crippen molar-refractivity contribution in [3.8, 4) is 17.1 Å². The summed E-state index contributed by atoms with van der Waals surface area (Å²) in [5.41, 5.74) is 1.10. The molecule has 0 aliphatic heterocycles. The number of carbonyl (C=O) groups is 2. The SMILES string of the molecule is CNc1nc(-c2ccccc2OC(F)(F)F)nc2cc(NC(=O)c3cc(CNC(=O)C(C)(C)C)ccc3Cl)ccc12.Cl. The van der Waals surface area contributed by atoms with Crippen molar-refractivity contribution in [1.82, 2.24) is 15.3 Å². The van der Waals surface area contributed by atoms with E-state index in [0.29, 0.717) is 28.0 Å². The van der Waals surface area contributed by atoms with Crippen LogP contribution >= 0.6 is 24.0 Å². The Morgan fingerprint density at radius 1 is 0.976 bits per heavy atom. The van der Waals surface area contributed by atoms with Gasteiger partial charge in [0.2, 0.25) is 5.91 Å². The van der Waals surface area contributed by atoms with Gasteiger partial charge in [0, 0.05) is 30.1 Å². The van der Waals surface area contributed by atoms with Crippen molar-refractivity contribution in [3.63, 3.8) is 0 Å². The van der Waals surface area contributed by atoms with Crippen LogP contribution in [0.5, 0.6) is 5.75 Å². The third-order valence-corrected chi connectivity index (χ3v) is 6.28. The normalized spacial score (nSPS) is 11.4. The molecule has 13 heteroatoms. The van der Waals surface area contributed by atoms with Gasteiger partial charge in [0.25, 0.3) is 5.91 Å². The molecule has 0 fully saturated rings. The first-order valence-electron chi connectivity index (χ1n) is 12.5. The highest BCUT2D eigenvalue weighted by molar-refractivity contribution is 6.34. The van der Waals surface area contributed by atoms with Gasteiger partial charge in [0.1, 0.15) is 11.6 Å². The van der Waals surface area contributed by atoms with E-state index < -0.39 is 23.4 Å². The van der Waals surface area contributed by atoms with Crippen molar-refractivity contribution < 1.29 is 27.5 Å². The Balaban J connectivity index is 0.00000484. The summed E-state index contributed by atoms with van der Waals surface area (Å²) in [6, 6.07) is 15.4. The summed E-state index contributed by atoms with van der Waals surface area (Å²) in [6.07, 6.45) is -4.90. The minimum Gasteiger partial charge on any atom is -0.405 e. The maximum absolute atomic E-state index is 13.2. The van der Waals surface area contributed by atoms with E-state index in [1.165, 1.54) is 18.2 Å². The predicted octanol–water partition coefficient (Wildman–Crippen LogP) is 7.23. The highest BCUT2D eigenvalue weighted by Crippen LogP contribution is 2.34. The zero-order valence-electron chi connectivity index (χ0n) is 23.0. The molecule has 1 aromatic heterocycles. The number of amides is 2. The largest absolute Gasteiger partial charge is 0.573 e. The molecule has 0 unspecified atom stereocenters. The van der Waals surface area contributed by atoms with Crippen molar-refractivity contribution in [1.29, 1.82) is 0 Å². The highest BCUT2D eigenvalue weighted by atomic mass is 35.5. The van der Waals surface area contributed by atoms with E-state index in [1.54, 1.807) is 70.3 Å². The Hall–Kier alpha value is -4.09. The zero-order valence-corrected chi connectivity index (χ0v) is 24.6. The monoisotopic (exact) mass is 621 g/mol. The lowest BCUT2D eigenvalue weighted by molar-refractivity contribution is -0.274. The number of hydrogen-bond acceptors (Lipinski definition) is 6. The molecular weight excluding hydrogens is 594 g/mol.